The zero-order valence-electron chi connectivity index (χ0n) is 9.72. The van der Waals surface area contributed by atoms with E-state index in [1.165, 1.54) is 0 Å². The second kappa shape index (κ2) is 5.05. The van der Waals surface area contributed by atoms with Crippen LogP contribution in [-0.4, -0.2) is 20.7 Å². The first-order valence-corrected chi connectivity index (χ1v) is 5.62. The molecule has 1 heterocycles. The smallest absolute Gasteiger partial charge is 0.253 e. The Kier molecular flexibility index (Phi) is 3.47. The Morgan fingerprint density at radius 3 is 2.94 bits per heavy atom. The molecular formula is C11H12ClN5O. The van der Waals surface area contributed by atoms with Gasteiger partial charge in [-0.3, -0.25) is 4.79 Å². The Hall–Kier alpha value is -2.08. The number of rotatable bonds is 3. The average Bonchev–Trinajstić information content (AvgIpc) is 2.72. The number of aromatic nitrogens is 3. The predicted octanol–water partition coefficient (Wildman–Crippen LogP) is 0.981. The third-order valence-corrected chi connectivity index (χ3v) is 2.76. The van der Waals surface area contributed by atoms with Gasteiger partial charge in [0.2, 0.25) is 0 Å². The number of hydrogen-bond donors (Lipinski definition) is 2. The molecule has 0 aliphatic heterocycles. The molecule has 94 valence electrons. The number of nitrogen functional groups attached to an aromatic ring is 1. The number of amides is 1. The maximum atomic E-state index is 11.9. The Morgan fingerprint density at radius 2 is 2.33 bits per heavy atom. The number of carbonyl (C=O) groups excluding carboxylic acids is 1. The minimum absolute atomic E-state index is 0.275. The molecule has 2 aromatic rings. The topological polar surface area (TPSA) is 85.8 Å². The third-order valence-electron chi connectivity index (χ3n) is 2.45. The second-order valence-corrected chi connectivity index (χ2v) is 4.19. The highest BCUT2D eigenvalue weighted by atomic mass is 35.5. The van der Waals surface area contributed by atoms with Crippen molar-refractivity contribution in [2.45, 2.75) is 6.54 Å². The van der Waals surface area contributed by atoms with Crippen LogP contribution in [0.15, 0.2) is 24.5 Å². The molecule has 2 rings (SSSR count). The minimum Gasteiger partial charge on any atom is -0.399 e. The molecule has 1 aromatic carbocycles. The first-order valence-electron chi connectivity index (χ1n) is 5.24. The maximum absolute atomic E-state index is 11.9. The monoisotopic (exact) mass is 265 g/mol. The van der Waals surface area contributed by atoms with E-state index in [1.807, 2.05) is 0 Å². The van der Waals surface area contributed by atoms with Crippen molar-refractivity contribution in [3.05, 3.63) is 40.9 Å². The van der Waals surface area contributed by atoms with Gasteiger partial charge >= 0.3 is 0 Å². The molecule has 0 unspecified atom stereocenters. The molecule has 6 nitrogen and oxygen atoms in total. The molecule has 0 saturated heterocycles. The first kappa shape index (κ1) is 12.4. The van der Waals surface area contributed by atoms with Crippen LogP contribution in [0, 0.1) is 0 Å². The summed E-state index contributed by atoms with van der Waals surface area (Å²) in [6, 6.07) is 4.76. The van der Waals surface area contributed by atoms with Crippen LogP contribution in [0.3, 0.4) is 0 Å². The van der Waals surface area contributed by atoms with Crippen molar-refractivity contribution < 1.29 is 4.79 Å². The van der Waals surface area contributed by atoms with Crippen LogP contribution in [0.4, 0.5) is 5.69 Å². The molecule has 0 spiro atoms. The van der Waals surface area contributed by atoms with Gasteiger partial charge in [-0.2, -0.15) is 0 Å². The summed E-state index contributed by atoms with van der Waals surface area (Å²) in [7, 11) is 1.80. The number of halogens is 1. The standard InChI is InChI=1S/C11H12ClN5O/c1-17-6-15-16-10(17)5-14-11(18)8-3-2-7(13)4-9(8)12/h2-4,6H,5,13H2,1H3,(H,14,18). The molecule has 1 aromatic heterocycles. The van der Waals surface area contributed by atoms with Gasteiger partial charge in [-0.05, 0) is 18.2 Å². The summed E-state index contributed by atoms with van der Waals surface area (Å²) in [6.45, 7) is 0.288. The first-order chi connectivity index (χ1) is 8.58. The number of hydrogen-bond acceptors (Lipinski definition) is 4. The lowest BCUT2D eigenvalue weighted by Gasteiger charge is -2.06. The molecule has 0 atom stereocenters. The summed E-state index contributed by atoms with van der Waals surface area (Å²) in [6.07, 6.45) is 1.57. The summed E-state index contributed by atoms with van der Waals surface area (Å²) in [4.78, 5) is 11.9. The SMILES string of the molecule is Cn1cnnc1CNC(=O)c1ccc(N)cc1Cl. The Labute approximate surface area is 109 Å². The summed E-state index contributed by atoms with van der Waals surface area (Å²) >= 11 is 5.94. The number of nitrogens with zero attached hydrogens (tertiary/aromatic N) is 3. The maximum Gasteiger partial charge on any atom is 0.253 e. The average molecular weight is 266 g/mol. The molecule has 0 aliphatic rings. The van der Waals surface area contributed by atoms with Crippen molar-refractivity contribution in [1.29, 1.82) is 0 Å². The number of anilines is 1. The largest absolute Gasteiger partial charge is 0.399 e. The molecule has 0 saturated carbocycles. The van der Waals surface area contributed by atoms with Gasteiger partial charge in [0.1, 0.15) is 6.33 Å². The number of benzene rings is 1. The molecule has 0 aliphatic carbocycles. The molecule has 1 amide bonds. The molecule has 7 heteroatoms. The van der Waals surface area contributed by atoms with Gasteiger partial charge in [0, 0.05) is 12.7 Å². The van der Waals surface area contributed by atoms with E-state index in [0.29, 0.717) is 22.1 Å². The van der Waals surface area contributed by atoms with Gasteiger partial charge in [-0.25, -0.2) is 0 Å². The summed E-state index contributed by atoms with van der Waals surface area (Å²) in [5, 5.41) is 10.6. The highest BCUT2D eigenvalue weighted by Crippen LogP contribution is 2.18. The lowest BCUT2D eigenvalue weighted by molar-refractivity contribution is 0.0950. The predicted molar refractivity (Wildman–Crippen MR) is 68.0 cm³/mol. The fraction of sp³-hybridized carbons (Fsp3) is 0.182. The van der Waals surface area contributed by atoms with Crippen LogP contribution in [0.5, 0.6) is 0 Å². The van der Waals surface area contributed by atoms with Crippen molar-refractivity contribution in [2.24, 2.45) is 7.05 Å². The second-order valence-electron chi connectivity index (χ2n) is 3.78. The van der Waals surface area contributed by atoms with E-state index in [2.05, 4.69) is 15.5 Å². The fourth-order valence-corrected chi connectivity index (χ4v) is 1.71. The van der Waals surface area contributed by atoms with E-state index in [4.69, 9.17) is 17.3 Å². The van der Waals surface area contributed by atoms with Gasteiger partial charge in [0.15, 0.2) is 5.82 Å². The lowest BCUT2D eigenvalue weighted by Crippen LogP contribution is -2.24. The van der Waals surface area contributed by atoms with E-state index in [9.17, 15) is 4.79 Å². The zero-order chi connectivity index (χ0) is 13.1. The quantitative estimate of drug-likeness (QED) is 0.810. The van der Waals surface area contributed by atoms with Gasteiger partial charge in [0.05, 0.1) is 17.1 Å². The van der Waals surface area contributed by atoms with Crippen LogP contribution < -0.4 is 11.1 Å². The third kappa shape index (κ3) is 2.60. The van der Waals surface area contributed by atoms with Gasteiger partial charge < -0.3 is 15.6 Å². The van der Waals surface area contributed by atoms with E-state index in [1.54, 1.807) is 36.1 Å². The van der Waals surface area contributed by atoms with Crippen LogP contribution in [-0.2, 0) is 13.6 Å². The van der Waals surface area contributed by atoms with E-state index >= 15 is 0 Å². The highest BCUT2D eigenvalue weighted by molar-refractivity contribution is 6.34. The zero-order valence-corrected chi connectivity index (χ0v) is 10.5. The van der Waals surface area contributed by atoms with Gasteiger partial charge in [-0.15, -0.1) is 10.2 Å². The summed E-state index contributed by atoms with van der Waals surface area (Å²) in [5.41, 5.74) is 6.46. The molecule has 0 radical (unpaired) electrons. The van der Waals surface area contributed by atoms with Crippen LogP contribution in [0.25, 0.3) is 0 Å². The highest BCUT2D eigenvalue weighted by Gasteiger charge is 2.11. The molecule has 0 bridgehead atoms. The van der Waals surface area contributed by atoms with Crippen LogP contribution in [0.2, 0.25) is 5.02 Å². The van der Waals surface area contributed by atoms with Crippen molar-refractivity contribution in [1.82, 2.24) is 20.1 Å². The Morgan fingerprint density at radius 1 is 1.56 bits per heavy atom. The number of nitrogens with one attached hydrogen (secondary N) is 1. The van der Waals surface area contributed by atoms with Gasteiger partial charge in [-0.1, -0.05) is 11.6 Å². The lowest BCUT2D eigenvalue weighted by atomic mass is 10.2. The molecule has 18 heavy (non-hydrogen) atoms. The number of nitrogens with two attached hydrogens (primary N) is 1. The summed E-state index contributed by atoms with van der Waals surface area (Å²) < 4.78 is 1.73. The molecule has 0 fully saturated rings. The summed E-state index contributed by atoms with van der Waals surface area (Å²) in [5.74, 6) is 0.387. The van der Waals surface area contributed by atoms with Crippen molar-refractivity contribution >= 4 is 23.2 Å². The Bertz CT molecular complexity index is 581. The number of carbonyl (C=O) groups is 1. The van der Waals surface area contributed by atoms with E-state index in [0.717, 1.165) is 0 Å². The number of aryl methyl sites for hydroxylation is 1. The Balaban J connectivity index is 2.06. The van der Waals surface area contributed by atoms with Crippen molar-refractivity contribution in [3.8, 4) is 0 Å². The normalized spacial score (nSPS) is 10.3. The van der Waals surface area contributed by atoms with E-state index < -0.39 is 0 Å². The molecule has 3 N–H and O–H groups in total. The van der Waals surface area contributed by atoms with Crippen molar-refractivity contribution in [3.63, 3.8) is 0 Å². The fourth-order valence-electron chi connectivity index (χ4n) is 1.44. The van der Waals surface area contributed by atoms with Gasteiger partial charge in [0.25, 0.3) is 5.91 Å². The van der Waals surface area contributed by atoms with Crippen LogP contribution >= 0.6 is 11.6 Å². The van der Waals surface area contributed by atoms with E-state index in [-0.39, 0.29) is 12.5 Å². The van der Waals surface area contributed by atoms with Crippen molar-refractivity contribution in [2.75, 3.05) is 5.73 Å². The van der Waals surface area contributed by atoms with Crippen LogP contribution in [0.1, 0.15) is 16.2 Å². The molecular weight excluding hydrogens is 254 g/mol. The minimum atomic E-state index is -0.275.